The Hall–Kier alpha value is -2.67. The molecule has 3 heterocycles. The highest BCUT2D eigenvalue weighted by molar-refractivity contribution is 7.46. The molecule has 34 heavy (non-hydrogen) atoms. The van der Waals surface area contributed by atoms with Gasteiger partial charge in [0.15, 0.2) is 14.6 Å². The minimum atomic E-state index is -1.26. The monoisotopic (exact) mass is 486 g/mol. The lowest BCUT2D eigenvalue weighted by Crippen LogP contribution is -2.46. The standard InChI is InChI=1S/C23H27N4O6P/c1-15(2)23-14-30-18(19(23)33-34(4)31-13-11-24-3)21(32-23)27-12-10-17(26-22(27)29)25-20(28)16-8-6-5-7-9-16/h5-10,12,15,18-19,21H,11,13-14H2,1-2,4H3,(H,25,26,28,29)/t18-,19+,21-,23-,34?/m1/s1. The van der Waals surface area contributed by atoms with Gasteiger partial charge in [-0.15, -0.1) is 0 Å². The summed E-state index contributed by atoms with van der Waals surface area (Å²) in [4.78, 5) is 32.6. The van der Waals surface area contributed by atoms with E-state index in [1.807, 2.05) is 26.6 Å². The van der Waals surface area contributed by atoms with Gasteiger partial charge in [-0.1, -0.05) is 32.0 Å². The Morgan fingerprint density at radius 1 is 1.38 bits per heavy atom. The van der Waals surface area contributed by atoms with Crippen LogP contribution in [0.1, 0.15) is 30.4 Å². The summed E-state index contributed by atoms with van der Waals surface area (Å²) in [6.45, 7) is 13.7. The van der Waals surface area contributed by atoms with E-state index in [4.69, 9.17) is 25.1 Å². The smallest absolute Gasteiger partial charge is 0.351 e. The molecule has 4 rings (SSSR count). The van der Waals surface area contributed by atoms with Gasteiger partial charge in [0.05, 0.1) is 6.61 Å². The van der Waals surface area contributed by atoms with E-state index in [9.17, 15) is 9.59 Å². The summed E-state index contributed by atoms with van der Waals surface area (Å²) in [5.41, 5.74) is -0.849. The van der Waals surface area contributed by atoms with Gasteiger partial charge >= 0.3 is 5.69 Å². The van der Waals surface area contributed by atoms with Crippen molar-refractivity contribution in [3.63, 3.8) is 0 Å². The number of rotatable bonds is 9. The van der Waals surface area contributed by atoms with Gasteiger partial charge in [-0.05, 0) is 24.1 Å². The van der Waals surface area contributed by atoms with E-state index in [0.29, 0.717) is 18.8 Å². The number of hydrogen-bond donors (Lipinski definition) is 1. The first-order valence-corrected chi connectivity index (χ1v) is 12.6. The molecule has 0 aliphatic carbocycles. The number of carbonyl (C=O) groups excluding carboxylic acids is 1. The molecule has 2 saturated heterocycles. The Labute approximate surface area is 198 Å². The maximum absolute atomic E-state index is 12.9. The van der Waals surface area contributed by atoms with Gasteiger partial charge in [0.1, 0.15) is 30.2 Å². The number of hydrogen-bond acceptors (Lipinski definition) is 7. The summed E-state index contributed by atoms with van der Waals surface area (Å²) in [5.74, 6) is -0.158. The number of nitrogens with one attached hydrogen (secondary N) is 1. The molecule has 2 fully saturated rings. The SMILES string of the molecule is [C-]#[N+]CCOP(C)O[C@H]1[C@H]2OC[C@]1(C(C)C)O[C@H]2n1ccc(NC(=O)c2ccccc2)nc1=O. The Morgan fingerprint density at radius 2 is 2.15 bits per heavy atom. The highest BCUT2D eigenvalue weighted by Gasteiger charge is 2.65. The second-order valence-corrected chi connectivity index (χ2v) is 9.75. The second-order valence-electron chi connectivity index (χ2n) is 8.40. The van der Waals surface area contributed by atoms with Gasteiger partial charge < -0.3 is 28.7 Å². The van der Waals surface area contributed by atoms with Gasteiger partial charge in [-0.2, -0.15) is 4.98 Å². The Morgan fingerprint density at radius 3 is 2.82 bits per heavy atom. The van der Waals surface area contributed by atoms with Crippen LogP contribution in [0.2, 0.25) is 0 Å². The summed E-state index contributed by atoms with van der Waals surface area (Å²) >= 11 is 0. The molecule has 2 aromatic rings. The van der Waals surface area contributed by atoms with Crippen LogP contribution >= 0.6 is 8.38 Å². The molecule has 1 amide bonds. The van der Waals surface area contributed by atoms with E-state index < -0.39 is 38.1 Å². The number of aromatic nitrogens is 2. The third kappa shape index (κ3) is 4.76. The molecule has 2 aliphatic heterocycles. The van der Waals surface area contributed by atoms with Crippen LogP contribution in [0.5, 0.6) is 0 Å². The number of anilines is 1. The average Bonchev–Trinajstić information content (AvgIpc) is 3.33. The second kappa shape index (κ2) is 10.3. The first kappa shape index (κ1) is 24.5. The fourth-order valence-corrected chi connectivity index (χ4v) is 5.17. The van der Waals surface area contributed by atoms with E-state index in [0.717, 1.165) is 0 Å². The lowest BCUT2D eigenvalue weighted by atomic mass is 9.87. The van der Waals surface area contributed by atoms with E-state index >= 15 is 0 Å². The average molecular weight is 486 g/mol. The van der Waals surface area contributed by atoms with Crippen molar-refractivity contribution in [1.82, 2.24) is 9.55 Å². The quantitative estimate of drug-likeness (QED) is 0.330. The molecule has 2 aliphatic rings. The highest BCUT2D eigenvalue weighted by Crippen LogP contribution is 2.53. The normalized spacial score (nSPS) is 26.4. The van der Waals surface area contributed by atoms with Crippen molar-refractivity contribution in [3.8, 4) is 0 Å². The number of ether oxygens (including phenoxy) is 2. The Balaban J connectivity index is 1.51. The maximum atomic E-state index is 12.9. The zero-order valence-corrected chi connectivity index (χ0v) is 20.1. The molecule has 1 aromatic carbocycles. The largest absolute Gasteiger partial charge is 0.368 e. The van der Waals surface area contributed by atoms with E-state index in [1.165, 1.54) is 10.8 Å². The van der Waals surface area contributed by atoms with Gasteiger partial charge in [0, 0.05) is 18.4 Å². The minimum absolute atomic E-state index is 0.0484. The maximum Gasteiger partial charge on any atom is 0.351 e. The van der Waals surface area contributed by atoms with Crippen molar-refractivity contribution >= 4 is 20.1 Å². The molecule has 10 nitrogen and oxygen atoms in total. The van der Waals surface area contributed by atoms with E-state index in [-0.39, 0.29) is 24.2 Å². The lowest BCUT2D eigenvalue weighted by Gasteiger charge is -2.35. The summed E-state index contributed by atoms with van der Waals surface area (Å²) in [6, 6.07) is 10.2. The van der Waals surface area contributed by atoms with Crippen LogP contribution in [0.4, 0.5) is 5.82 Å². The molecule has 1 aromatic heterocycles. The topological polar surface area (TPSA) is 105 Å². The van der Waals surface area contributed by atoms with Gasteiger partial charge in [0.2, 0.25) is 6.54 Å². The number of nitrogens with zero attached hydrogens (tertiary/aromatic N) is 3. The van der Waals surface area contributed by atoms with Crippen LogP contribution in [0.25, 0.3) is 4.85 Å². The molecule has 180 valence electrons. The zero-order chi connectivity index (χ0) is 24.3. The van der Waals surface area contributed by atoms with Crippen LogP contribution < -0.4 is 11.0 Å². The first-order valence-electron chi connectivity index (χ1n) is 11.0. The molecule has 5 atom stereocenters. The summed E-state index contributed by atoms with van der Waals surface area (Å²) < 4.78 is 25.7. The number of benzene rings is 1. The molecule has 1 unspecified atom stereocenters. The Kier molecular flexibility index (Phi) is 7.41. The highest BCUT2D eigenvalue weighted by atomic mass is 31.2. The molecule has 1 N–H and O–H groups in total. The lowest BCUT2D eigenvalue weighted by molar-refractivity contribution is -0.190. The van der Waals surface area contributed by atoms with Crippen LogP contribution in [0.3, 0.4) is 0 Å². The fraction of sp³-hybridized carbons (Fsp3) is 0.478. The van der Waals surface area contributed by atoms with Gasteiger partial charge in [-0.25, -0.2) is 11.4 Å². The molecule has 11 heteroatoms. The Bertz CT molecular complexity index is 1120. The van der Waals surface area contributed by atoms with Crippen molar-refractivity contribution in [2.75, 3.05) is 31.7 Å². The van der Waals surface area contributed by atoms with Crippen LogP contribution in [-0.4, -0.2) is 59.7 Å². The number of fused-ring (bicyclic) bond motifs is 2. The van der Waals surface area contributed by atoms with Crippen molar-refractivity contribution in [3.05, 3.63) is 70.1 Å². The zero-order valence-electron chi connectivity index (χ0n) is 19.2. The van der Waals surface area contributed by atoms with Crippen LogP contribution in [0.15, 0.2) is 47.4 Å². The molecule has 0 saturated carbocycles. The third-order valence-electron chi connectivity index (χ3n) is 6.00. The third-order valence-corrected chi connectivity index (χ3v) is 7.07. The fourth-order valence-electron chi connectivity index (χ4n) is 4.15. The number of amides is 1. The van der Waals surface area contributed by atoms with Crippen LogP contribution in [-0.2, 0) is 18.5 Å². The number of carbonyl (C=O) groups is 1. The first-order chi connectivity index (χ1) is 16.4. The molecular formula is C23H27N4O6P. The molecule has 0 radical (unpaired) electrons. The summed E-state index contributed by atoms with van der Waals surface area (Å²) in [7, 11) is -1.26. The predicted molar refractivity (Wildman–Crippen MR) is 125 cm³/mol. The summed E-state index contributed by atoms with van der Waals surface area (Å²) in [5, 5.41) is 2.64. The van der Waals surface area contributed by atoms with Crippen LogP contribution in [0, 0.1) is 12.5 Å². The van der Waals surface area contributed by atoms with Gasteiger partial charge in [-0.3, -0.25) is 9.36 Å². The van der Waals surface area contributed by atoms with Crippen molar-refractivity contribution in [2.24, 2.45) is 5.92 Å². The van der Waals surface area contributed by atoms with Crippen molar-refractivity contribution in [2.45, 2.75) is 37.9 Å². The van der Waals surface area contributed by atoms with Crippen molar-refractivity contribution < 1.29 is 23.3 Å². The molecule has 0 spiro atoms. The van der Waals surface area contributed by atoms with E-state index in [1.54, 1.807) is 30.3 Å². The van der Waals surface area contributed by atoms with E-state index in [2.05, 4.69) is 15.1 Å². The van der Waals surface area contributed by atoms with Crippen molar-refractivity contribution in [1.29, 1.82) is 0 Å². The van der Waals surface area contributed by atoms with Gasteiger partial charge in [0.25, 0.3) is 5.91 Å². The minimum Gasteiger partial charge on any atom is -0.368 e. The summed E-state index contributed by atoms with van der Waals surface area (Å²) in [6.07, 6.45) is -0.157. The molecular weight excluding hydrogens is 459 g/mol. The predicted octanol–water partition coefficient (Wildman–Crippen LogP) is 3.08. The molecule has 2 bridgehead atoms.